The van der Waals surface area contributed by atoms with Crippen molar-refractivity contribution < 1.29 is 0 Å². The lowest BCUT2D eigenvalue weighted by Crippen LogP contribution is -1.87. The maximum Gasteiger partial charge on any atom is -0.0322 e. The van der Waals surface area contributed by atoms with Crippen molar-refractivity contribution in [2.75, 3.05) is 0 Å². The summed E-state index contributed by atoms with van der Waals surface area (Å²) in [4.78, 5) is 0. The van der Waals surface area contributed by atoms with Crippen LogP contribution in [-0.2, 0) is 0 Å². The molecule has 0 unspecified atom stereocenters. The van der Waals surface area contributed by atoms with E-state index in [1.54, 1.807) is 0 Å². The van der Waals surface area contributed by atoms with Crippen molar-refractivity contribution in [3.05, 3.63) is 19.1 Å². The van der Waals surface area contributed by atoms with Crippen LogP contribution in [0.5, 0.6) is 0 Å². The van der Waals surface area contributed by atoms with Gasteiger partial charge in [-0.2, -0.15) is 0 Å². The van der Waals surface area contributed by atoms with Gasteiger partial charge in [0.2, 0.25) is 0 Å². The van der Waals surface area contributed by atoms with Crippen LogP contribution in [0.3, 0.4) is 0 Å². The first-order valence-corrected chi connectivity index (χ1v) is 5.70. The monoisotopic (exact) mass is 181 g/mol. The van der Waals surface area contributed by atoms with E-state index in [0.29, 0.717) is 0 Å². The fourth-order valence-electron chi connectivity index (χ4n) is 1.43. The van der Waals surface area contributed by atoms with E-state index < -0.39 is 0 Å². The molecule has 0 nitrogen and oxygen atoms in total. The van der Waals surface area contributed by atoms with Crippen LogP contribution in [0.25, 0.3) is 0 Å². The summed E-state index contributed by atoms with van der Waals surface area (Å²) in [6, 6.07) is 0. The smallest absolute Gasteiger partial charge is 0.0322 e. The van der Waals surface area contributed by atoms with Gasteiger partial charge in [0.1, 0.15) is 0 Å². The maximum atomic E-state index is 3.70. The molecule has 0 fully saturated rings. The average Bonchev–Trinajstić information content (AvgIpc) is 2.09. The van der Waals surface area contributed by atoms with Gasteiger partial charge >= 0.3 is 0 Å². The molecule has 0 heterocycles. The summed E-state index contributed by atoms with van der Waals surface area (Å²) >= 11 is 0. The van der Waals surface area contributed by atoms with Crippen molar-refractivity contribution in [2.45, 2.75) is 58.8 Å². The number of hydrogen-bond acceptors (Lipinski definition) is 0. The van der Waals surface area contributed by atoms with Gasteiger partial charge in [-0.1, -0.05) is 52.0 Å². The quantitative estimate of drug-likeness (QED) is 0.355. The van der Waals surface area contributed by atoms with Crippen LogP contribution in [-0.4, -0.2) is 0 Å². The molecule has 0 saturated carbocycles. The molecular formula is C13H25. The maximum absolute atomic E-state index is 3.70. The number of hydrogen-bond donors (Lipinski definition) is 0. The van der Waals surface area contributed by atoms with E-state index in [1.165, 1.54) is 38.5 Å². The Balaban J connectivity index is 2.87. The van der Waals surface area contributed by atoms with Gasteiger partial charge in [0.15, 0.2) is 0 Å². The summed E-state index contributed by atoms with van der Waals surface area (Å²) < 4.78 is 0. The normalized spacial score (nSPS) is 10.7. The Morgan fingerprint density at radius 1 is 1.08 bits per heavy atom. The molecule has 0 bridgehead atoms. The summed E-state index contributed by atoms with van der Waals surface area (Å²) in [5.41, 5.74) is 0. The second kappa shape index (κ2) is 9.83. The van der Waals surface area contributed by atoms with Gasteiger partial charge in [-0.15, -0.1) is 6.58 Å². The van der Waals surface area contributed by atoms with Crippen molar-refractivity contribution in [1.82, 2.24) is 0 Å². The first kappa shape index (κ1) is 12.7. The predicted octanol–water partition coefficient (Wildman–Crippen LogP) is 4.76. The standard InChI is InChI=1S/C13H25/c1-4-5-6-7-8-9-10-11-12-13(2)3/h4,6,13H,1,5,7-12H2,2-3H3. The van der Waals surface area contributed by atoms with Crippen LogP contribution in [0.4, 0.5) is 0 Å². The van der Waals surface area contributed by atoms with E-state index in [0.717, 1.165) is 12.3 Å². The molecule has 0 amide bonds. The van der Waals surface area contributed by atoms with Gasteiger partial charge in [0.05, 0.1) is 0 Å². The summed E-state index contributed by atoms with van der Waals surface area (Å²) in [7, 11) is 0. The molecule has 0 saturated heterocycles. The molecular weight excluding hydrogens is 156 g/mol. The van der Waals surface area contributed by atoms with Crippen molar-refractivity contribution in [3.63, 3.8) is 0 Å². The highest BCUT2D eigenvalue weighted by atomic mass is 14.0. The minimum atomic E-state index is 0.882. The lowest BCUT2D eigenvalue weighted by atomic mass is 10.0. The van der Waals surface area contributed by atoms with Gasteiger partial charge < -0.3 is 0 Å². The van der Waals surface area contributed by atoms with Gasteiger partial charge in [-0.25, -0.2) is 0 Å². The summed E-state index contributed by atoms with van der Waals surface area (Å²) in [5, 5.41) is 0. The number of unbranched alkanes of at least 4 members (excludes halogenated alkanes) is 6. The third-order valence-corrected chi connectivity index (χ3v) is 2.27. The highest BCUT2D eigenvalue weighted by molar-refractivity contribution is 4.77. The Morgan fingerprint density at radius 3 is 2.38 bits per heavy atom. The van der Waals surface area contributed by atoms with Crippen LogP contribution < -0.4 is 0 Å². The van der Waals surface area contributed by atoms with Crippen LogP contribution >= 0.6 is 0 Å². The van der Waals surface area contributed by atoms with E-state index in [4.69, 9.17) is 0 Å². The van der Waals surface area contributed by atoms with Crippen molar-refractivity contribution in [3.8, 4) is 0 Å². The third-order valence-electron chi connectivity index (χ3n) is 2.27. The molecule has 0 aliphatic rings. The average molecular weight is 181 g/mol. The molecule has 1 radical (unpaired) electrons. The van der Waals surface area contributed by atoms with Crippen LogP contribution in [0.2, 0.25) is 0 Å². The molecule has 0 atom stereocenters. The molecule has 0 N–H and O–H groups in total. The molecule has 77 valence electrons. The van der Waals surface area contributed by atoms with E-state index in [1.807, 2.05) is 6.08 Å². The second-order valence-electron chi connectivity index (χ2n) is 4.20. The Kier molecular flexibility index (Phi) is 9.63. The number of rotatable bonds is 9. The minimum absolute atomic E-state index is 0.882. The van der Waals surface area contributed by atoms with Crippen molar-refractivity contribution >= 4 is 0 Å². The molecule has 0 aromatic carbocycles. The molecule has 0 aromatic rings. The van der Waals surface area contributed by atoms with Crippen molar-refractivity contribution in [2.24, 2.45) is 5.92 Å². The molecule has 0 aliphatic heterocycles. The largest absolute Gasteiger partial charge is 0.103 e. The molecule has 0 rings (SSSR count). The third kappa shape index (κ3) is 11.7. The van der Waals surface area contributed by atoms with E-state index in [2.05, 4.69) is 26.8 Å². The van der Waals surface area contributed by atoms with E-state index in [-0.39, 0.29) is 0 Å². The van der Waals surface area contributed by atoms with Crippen molar-refractivity contribution in [1.29, 1.82) is 0 Å². The fourth-order valence-corrected chi connectivity index (χ4v) is 1.43. The summed E-state index contributed by atoms with van der Waals surface area (Å²) in [6.45, 7) is 8.30. The van der Waals surface area contributed by atoms with Crippen LogP contribution in [0, 0.1) is 12.3 Å². The highest BCUT2D eigenvalue weighted by Crippen LogP contribution is 2.11. The summed E-state index contributed by atoms with van der Waals surface area (Å²) in [6.07, 6.45) is 13.6. The lowest BCUT2D eigenvalue weighted by molar-refractivity contribution is 0.519. The zero-order valence-corrected chi connectivity index (χ0v) is 9.39. The fraction of sp³-hybridized carbons (Fsp3) is 0.769. The zero-order chi connectivity index (χ0) is 9.94. The van der Waals surface area contributed by atoms with Crippen LogP contribution in [0.1, 0.15) is 58.8 Å². The molecule has 13 heavy (non-hydrogen) atoms. The Hall–Kier alpha value is -0.260. The molecule has 0 heteroatoms. The first-order valence-electron chi connectivity index (χ1n) is 5.70. The first-order chi connectivity index (χ1) is 6.27. The van der Waals surface area contributed by atoms with Gasteiger partial charge in [0.25, 0.3) is 0 Å². The van der Waals surface area contributed by atoms with Gasteiger partial charge in [-0.3, -0.25) is 0 Å². The Morgan fingerprint density at radius 2 is 1.77 bits per heavy atom. The van der Waals surface area contributed by atoms with E-state index in [9.17, 15) is 0 Å². The lowest BCUT2D eigenvalue weighted by Gasteiger charge is -2.03. The van der Waals surface area contributed by atoms with Gasteiger partial charge in [-0.05, 0) is 25.2 Å². The van der Waals surface area contributed by atoms with E-state index >= 15 is 0 Å². The number of allylic oxidation sites excluding steroid dienone is 1. The highest BCUT2D eigenvalue weighted by Gasteiger charge is 1.94. The topological polar surface area (TPSA) is 0 Å². The molecule has 0 spiro atoms. The second-order valence-corrected chi connectivity index (χ2v) is 4.20. The van der Waals surface area contributed by atoms with Gasteiger partial charge in [0, 0.05) is 0 Å². The SMILES string of the molecule is C=CC[CH]CCCCCCC(C)C. The summed E-state index contributed by atoms with van der Waals surface area (Å²) in [5.74, 6) is 0.882. The zero-order valence-electron chi connectivity index (χ0n) is 9.39. The van der Waals surface area contributed by atoms with Crippen LogP contribution in [0.15, 0.2) is 12.7 Å². The Bertz CT molecular complexity index is 103. The Labute approximate surface area is 84.4 Å². The molecule has 0 aromatic heterocycles. The minimum Gasteiger partial charge on any atom is -0.103 e. The molecule has 0 aliphatic carbocycles. The predicted molar refractivity (Wildman–Crippen MR) is 61.7 cm³/mol.